The van der Waals surface area contributed by atoms with Crippen molar-refractivity contribution in [2.75, 3.05) is 6.61 Å². The Balaban J connectivity index is 1.02. The summed E-state index contributed by atoms with van der Waals surface area (Å²) in [5.74, 6) is 0.130. The summed E-state index contributed by atoms with van der Waals surface area (Å²) in [5.41, 5.74) is 5.50. The van der Waals surface area contributed by atoms with Crippen LogP contribution in [0.4, 0.5) is 0 Å². The molecule has 1 aliphatic heterocycles. The topological polar surface area (TPSA) is 88.3 Å². The molecule has 2 N–H and O–H groups in total. The average Bonchev–Trinajstić information content (AvgIpc) is 3.39. The fourth-order valence-corrected chi connectivity index (χ4v) is 5.94. The lowest BCUT2D eigenvalue weighted by Crippen LogP contribution is -2.15. The lowest BCUT2D eigenvalue weighted by Gasteiger charge is -2.08. The Kier molecular flexibility index (Phi) is 15.6. The van der Waals surface area contributed by atoms with E-state index >= 15 is 0 Å². The molecule has 0 spiro atoms. The van der Waals surface area contributed by atoms with Gasteiger partial charge in [0.1, 0.15) is 17.9 Å². The molecule has 6 heteroatoms. The Morgan fingerprint density at radius 3 is 1.89 bits per heavy atom. The van der Waals surface area contributed by atoms with Crippen molar-refractivity contribution in [2.45, 2.75) is 116 Å². The number of cyclic esters (lactones) is 1. The molecule has 0 saturated heterocycles. The quantitative estimate of drug-likeness (QED) is 0.0649. The van der Waals surface area contributed by atoms with Crippen LogP contribution in [0.5, 0.6) is 5.75 Å². The molecule has 0 aromatic heterocycles. The number of carbonyl (C=O) groups excluding carboxylic acids is 1. The first kappa shape index (κ1) is 35.9. The number of carbonyl (C=O) groups is 1. The number of benzene rings is 3. The van der Waals surface area contributed by atoms with Gasteiger partial charge in [-0.2, -0.15) is 0 Å². The Hall–Kier alpha value is -3.90. The molecule has 6 nitrogen and oxygen atoms in total. The van der Waals surface area contributed by atoms with Crippen LogP contribution in [0.25, 0.3) is 0 Å². The van der Waals surface area contributed by atoms with Crippen LogP contribution in [0.15, 0.2) is 95.2 Å². The van der Waals surface area contributed by atoms with Crippen molar-refractivity contribution in [1.29, 1.82) is 0 Å². The summed E-state index contributed by atoms with van der Waals surface area (Å²) in [6.07, 6.45) is 15.4. The molecule has 1 unspecified atom stereocenters. The maximum Gasteiger partial charge on any atom is 0.344 e. The van der Waals surface area contributed by atoms with Crippen molar-refractivity contribution in [3.05, 3.63) is 112 Å². The van der Waals surface area contributed by atoms with E-state index in [4.69, 9.17) is 14.5 Å². The van der Waals surface area contributed by atoms with Gasteiger partial charge in [-0.05, 0) is 61.4 Å². The number of aliphatic imine (C=N–C) groups is 1. The summed E-state index contributed by atoms with van der Waals surface area (Å²) >= 11 is 0. The zero-order chi connectivity index (χ0) is 33.1. The summed E-state index contributed by atoms with van der Waals surface area (Å²) in [7, 11) is 0. The minimum Gasteiger partial charge on any atom is -0.507 e. The minimum atomic E-state index is -0.989. The fourth-order valence-electron chi connectivity index (χ4n) is 5.94. The summed E-state index contributed by atoms with van der Waals surface area (Å²) < 4.78 is 11.0. The van der Waals surface area contributed by atoms with Crippen LogP contribution in [-0.2, 0) is 29.1 Å². The number of aryl methyl sites for hydroxylation is 2. The van der Waals surface area contributed by atoms with E-state index in [-0.39, 0.29) is 11.3 Å². The third-order valence-electron chi connectivity index (χ3n) is 8.84. The van der Waals surface area contributed by atoms with Crippen LogP contribution < -0.4 is 4.74 Å². The number of nitrogens with zero attached hydrogens (tertiary/aromatic N) is 1. The molecule has 252 valence electrons. The molecule has 4 rings (SSSR count). The van der Waals surface area contributed by atoms with E-state index in [9.17, 15) is 15.0 Å². The molecule has 3 aromatic rings. The molecule has 47 heavy (non-hydrogen) atoms. The normalized spacial score (nSPS) is 14.9. The average molecular weight is 640 g/mol. The highest BCUT2D eigenvalue weighted by Gasteiger charge is 2.36. The summed E-state index contributed by atoms with van der Waals surface area (Å²) in [4.78, 5) is 17.2. The molecule has 0 bridgehead atoms. The SMILES string of the molecule is Cc1ccc(CN=C(CCCCCCCCCCCCCCc2ccc(OCc3ccccc3)cc2)C2=C(O)C(CO)OC2=O)cc1. The maximum absolute atomic E-state index is 12.5. The van der Waals surface area contributed by atoms with Crippen LogP contribution in [0.1, 0.15) is 106 Å². The second-order valence-corrected chi connectivity index (χ2v) is 12.7. The Morgan fingerprint density at radius 1 is 0.723 bits per heavy atom. The van der Waals surface area contributed by atoms with Gasteiger partial charge in [-0.25, -0.2) is 4.79 Å². The molecule has 1 aliphatic rings. The van der Waals surface area contributed by atoms with Crippen LogP contribution in [0.2, 0.25) is 0 Å². The van der Waals surface area contributed by atoms with Gasteiger partial charge in [0.05, 0.1) is 18.9 Å². The minimum absolute atomic E-state index is 0.134. The zero-order valence-corrected chi connectivity index (χ0v) is 28.2. The first-order chi connectivity index (χ1) is 23.0. The van der Waals surface area contributed by atoms with E-state index in [0.29, 0.717) is 25.3 Å². The smallest absolute Gasteiger partial charge is 0.344 e. The van der Waals surface area contributed by atoms with Gasteiger partial charge in [-0.3, -0.25) is 4.99 Å². The molecule has 0 radical (unpaired) electrons. The first-order valence-corrected chi connectivity index (χ1v) is 17.6. The molecule has 0 fully saturated rings. The number of rotatable bonds is 22. The van der Waals surface area contributed by atoms with Gasteiger partial charge >= 0.3 is 5.97 Å². The van der Waals surface area contributed by atoms with Crippen molar-refractivity contribution in [3.63, 3.8) is 0 Å². The Bertz CT molecular complexity index is 1400. The molecule has 0 amide bonds. The van der Waals surface area contributed by atoms with Crippen LogP contribution in [0, 0.1) is 6.92 Å². The van der Waals surface area contributed by atoms with E-state index < -0.39 is 18.7 Å². The van der Waals surface area contributed by atoms with Crippen molar-refractivity contribution in [3.8, 4) is 5.75 Å². The Labute approximate surface area is 281 Å². The van der Waals surface area contributed by atoms with Gasteiger partial charge in [0, 0.05) is 0 Å². The third kappa shape index (κ3) is 12.7. The predicted octanol–water partition coefficient (Wildman–Crippen LogP) is 9.56. The number of hydrogen-bond donors (Lipinski definition) is 2. The first-order valence-electron chi connectivity index (χ1n) is 17.6. The molecular weight excluding hydrogens is 586 g/mol. The summed E-state index contributed by atoms with van der Waals surface area (Å²) in [6, 6.07) is 27.0. The molecule has 0 aliphatic carbocycles. The largest absolute Gasteiger partial charge is 0.507 e. The zero-order valence-electron chi connectivity index (χ0n) is 28.2. The van der Waals surface area contributed by atoms with E-state index in [1.54, 1.807) is 0 Å². The number of esters is 1. The molecule has 1 heterocycles. The van der Waals surface area contributed by atoms with Gasteiger partial charge in [-0.1, -0.05) is 137 Å². The van der Waals surface area contributed by atoms with Crippen molar-refractivity contribution in [2.24, 2.45) is 4.99 Å². The van der Waals surface area contributed by atoms with E-state index in [1.807, 2.05) is 49.4 Å². The lowest BCUT2D eigenvalue weighted by atomic mass is 10.0. The number of ether oxygens (including phenoxy) is 2. The number of aliphatic hydroxyl groups excluding tert-OH is 2. The van der Waals surface area contributed by atoms with Crippen LogP contribution in [-0.4, -0.2) is 34.6 Å². The highest BCUT2D eigenvalue weighted by molar-refractivity contribution is 6.21. The Morgan fingerprint density at radius 2 is 1.30 bits per heavy atom. The van der Waals surface area contributed by atoms with Gasteiger partial charge in [0.15, 0.2) is 11.9 Å². The number of hydrogen-bond acceptors (Lipinski definition) is 6. The highest BCUT2D eigenvalue weighted by atomic mass is 16.6. The number of aliphatic hydroxyl groups is 2. The van der Waals surface area contributed by atoms with Gasteiger partial charge in [0.2, 0.25) is 0 Å². The summed E-state index contributed by atoms with van der Waals surface area (Å²) in [6.45, 7) is 2.64. The van der Waals surface area contributed by atoms with Crippen molar-refractivity contribution in [1.82, 2.24) is 0 Å². The molecule has 3 aromatic carbocycles. The highest BCUT2D eigenvalue weighted by Crippen LogP contribution is 2.25. The van der Waals surface area contributed by atoms with E-state index in [0.717, 1.165) is 37.0 Å². The maximum atomic E-state index is 12.5. The lowest BCUT2D eigenvalue weighted by molar-refractivity contribution is -0.141. The van der Waals surface area contributed by atoms with Crippen molar-refractivity contribution >= 4 is 11.7 Å². The van der Waals surface area contributed by atoms with Crippen molar-refractivity contribution < 1.29 is 24.5 Å². The van der Waals surface area contributed by atoms with Gasteiger partial charge in [-0.15, -0.1) is 0 Å². The second-order valence-electron chi connectivity index (χ2n) is 12.7. The molecule has 0 saturated carbocycles. The van der Waals surface area contributed by atoms with Gasteiger partial charge in [0.25, 0.3) is 0 Å². The predicted molar refractivity (Wildman–Crippen MR) is 190 cm³/mol. The number of unbranched alkanes of at least 4 members (excludes halogenated alkanes) is 11. The van der Waals surface area contributed by atoms with Crippen LogP contribution >= 0.6 is 0 Å². The molecular formula is C41H53NO5. The fraction of sp³-hybridized carbons (Fsp3) is 0.463. The van der Waals surface area contributed by atoms with E-state index in [2.05, 4.69) is 36.4 Å². The molecule has 1 atom stereocenters. The van der Waals surface area contributed by atoms with Crippen LogP contribution in [0.3, 0.4) is 0 Å². The van der Waals surface area contributed by atoms with Gasteiger partial charge < -0.3 is 19.7 Å². The summed E-state index contributed by atoms with van der Waals surface area (Å²) in [5, 5.41) is 20.0. The monoisotopic (exact) mass is 639 g/mol. The second kappa shape index (κ2) is 20.4. The third-order valence-corrected chi connectivity index (χ3v) is 8.84. The standard InChI is InChI=1S/C41H53NO5/c1-32-21-23-34(24-22-32)29-42-37(39-40(44)38(30-43)47-41(39)45)20-16-11-9-7-5-3-2-4-6-8-10-13-17-33-25-27-36(28-26-33)46-31-35-18-14-12-15-19-35/h12,14-15,18-19,21-28,38,43-44H,2-11,13,16-17,20,29-31H2,1H3. The van der Waals surface area contributed by atoms with E-state index in [1.165, 1.54) is 74.5 Å².